The number of benzene rings is 1. The lowest BCUT2D eigenvalue weighted by atomic mass is 10.1. The van der Waals surface area contributed by atoms with Crippen LogP contribution < -0.4 is 5.32 Å². The minimum atomic E-state index is -0.375. The molecule has 19 heavy (non-hydrogen) atoms. The van der Waals surface area contributed by atoms with Crippen molar-refractivity contribution >= 4 is 33.3 Å². The van der Waals surface area contributed by atoms with Crippen LogP contribution in [0, 0.1) is 6.92 Å². The van der Waals surface area contributed by atoms with Crippen LogP contribution in [0.25, 0.3) is 0 Å². The first kappa shape index (κ1) is 13.5. The van der Waals surface area contributed by atoms with E-state index < -0.39 is 0 Å². The second-order valence-electron chi connectivity index (χ2n) is 3.91. The number of amides is 1. The number of aryl methyl sites for hydroxylation is 1. The molecule has 6 heteroatoms. The molecule has 2 aromatic rings. The Labute approximate surface area is 118 Å². The monoisotopic (exact) mass is 322 g/mol. The fourth-order valence-electron chi connectivity index (χ4n) is 1.52. The van der Waals surface area contributed by atoms with Crippen LogP contribution in [0.5, 0.6) is 0 Å². The predicted molar refractivity (Wildman–Crippen MR) is 73.8 cm³/mol. The normalized spacial score (nSPS) is 10.2. The van der Waals surface area contributed by atoms with Gasteiger partial charge in [0.05, 0.1) is 5.33 Å². The number of carbonyl (C=O) groups is 2. The molecule has 0 saturated heterocycles. The van der Waals surface area contributed by atoms with Crippen LogP contribution in [0.15, 0.2) is 34.9 Å². The number of hydrogen-bond acceptors (Lipinski definition) is 4. The standard InChI is InChI=1S/C13H11BrN2O3/c1-8-5-11(16-19-8)13(18)15-10-4-2-3-9(6-10)12(17)7-14/h2-6H,7H2,1H3,(H,15,18). The minimum Gasteiger partial charge on any atom is -0.361 e. The van der Waals surface area contributed by atoms with Crippen LogP contribution >= 0.6 is 15.9 Å². The lowest BCUT2D eigenvalue weighted by Gasteiger charge is -2.04. The highest BCUT2D eigenvalue weighted by Crippen LogP contribution is 2.13. The molecule has 1 aromatic carbocycles. The summed E-state index contributed by atoms with van der Waals surface area (Å²) in [6, 6.07) is 8.27. The summed E-state index contributed by atoms with van der Waals surface area (Å²) in [5.74, 6) is 0.141. The smallest absolute Gasteiger partial charge is 0.277 e. The first-order chi connectivity index (χ1) is 9.10. The number of ketones is 1. The van der Waals surface area contributed by atoms with Crippen molar-refractivity contribution in [2.45, 2.75) is 6.92 Å². The highest BCUT2D eigenvalue weighted by molar-refractivity contribution is 9.09. The maximum atomic E-state index is 11.9. The fourth-order valence-corrected chi connectivity index (χ4v) is 1.84. The van der Waals surface area contributed by atoms with Gasteiger partial charge in [-0.2, -0.15) is 0 Å². The van der Waals surface area contributed by atoms with Crippen LogP contribution in [-0.4, -0.2) is 22.2 Å². The third-order valence-corrected chi connectivity index (χ3v) is 2.93. The van der Waals surface area contributed by atoms with Crippen LogP contribution in [0.1, 0.15) is 26.6 Å². The number of nitrogens with zero attached hydrogens (tertiary/aromatic N) is 1. The summed E-state index contributed by atoms with van der Waals surface area (Å²) in [6.45, 7) is 1.71. The topological polar surface area (TPSA) is 72.2 Å². The molecule has 0 fully saturated rings. The Hall–Kier alpha value is -1.95. The molecule has 0 saturated carbocycles. The van der Waals surface area contributed by atoms with E-state index in [0.717, 1.165) is 0 Å². The molecule has 98 valence electrons. The first-order valence-corrected chi connectivity index (χ1v) is 6.66. The van der Waals surface area contributed by atoms with Crippen molar-refractivity contribution in [2.75, 3.05) is 10.6 Å². The van der Waals surface area contributed by atoms with Gasteiger partial charge in [-0.15, -0.1) is 0 Å². The van der Waals surface area contributed by atoms with E-state index in [4.69, 9.17) is 4.52 Å². The third-order valence-electron chi connectivity index (χ3n) is 2.42. The first-order valence-electron chi connectivity index (χ1n) is 5.54. The maximum absolute atomic E-state index is 11.9. The molecule has 0 bridgehead atoms. The second kappa shape index (κ2) is 5.79. The quantitative estimate of drug-likeness (QED) is 0.694. The van der Waals surface area contributed by atoms with Crippen molar-refractivity contribution in [2.24, 2.45) is 0 Å². The van der Waals surface area contributed by atoms with Crippen molar-refractivity contribution < 1.29 is 14.1 Å². The van der Waals surface area contributed by atoms with Gasteiger partial charge in [-0.05, 0) is 19.1 Å². The van der Waals surface area contributed by atoms with E-state index in [1.165, 1.54) is 0 Å². The molecule has 0 unspecified atom stereocenters. The maximum Gasteiger partial charge on any atom is 0.277 e. The van der Waals surface area contributed by atoms with Gasteiger partial charge in [0.2, 0.25) is 0 Å². The molecule has 1 heterocycles. The number of anilines is 1. The molecule has 0 radical (unpaired) electrons. The summed E-state index contributed by atoms with van der Waals surface area (Å²) in [5, 5.41) is 6.53. The third kappa shape index (κ3) is 3.29. The Morgan fingerprint density at radius 3 is 2.79 bits per heavy atom. The average Bonchev–Trinajstić information content (AvgIpc) is 2.85. The lowest BCUT2D eigenvalue weighted by molar-refractivity contribution is 0.101. The van der Waals surface area contributed by atoms with Gasteiger partial charge in [-0.3, -0.25) is 9.59 Å². The summed E-state index contributed by atoms with van der Waals surface area (Å²) in [4.78, 5) is 23.4. The lowest BCUT2D eigenvalue weighted by Crippen LogP contribution is -2.12. The van der Waals surface area contributed by atoms with Gasteiger partial charge in [0.15, 0.2) is 11.5 Å². The highest BCUT2D eigenvalue weighted by Gasteiger charge is 2.12. The molecule has 0 atom stereocenters. The minimum absolute atomic E-state index is 0.0478. The van der Waals surface area contributed by atoms with Gasteiger partial charge in [0.1, 0.15) is 5.76 Å². The number of aromatic nitrogens is 1. The Morgan fingerprint density at radius 1 is 1.37 bits per heavy atom. The number of Topliss-reactive ketones (excluding diaryl/α,β-unsaturated/α-hetero) is 1. The Bertz CT molecular complexity index is 622. The summed E-state index contributed by atoms with van der Waals surface area (Å²) >= 11 is 3.11. The van der Waals surface area contributed by atoms with E-state index in [1.807, 2.05) is 0 Å². The number of hydrogen-bond donors (Lipinski definition) is 1. The molecule has 1 aromatic heterocycles. The number of alkyl halides is 1. The van der Waals surface area contributed by atoms with E-state index >= 15 is 0 Å². The predicted octanol–water partition coefficient (Wildman–Crippen LogP) is 2.81. The molecule has 1 N–H and O–H groups in total. The van der Waals surface area contributed by atoms with E-state index in [1.54, 1.807) is 37.3 Å². The zero-order valence-corrected chi connectivity index (χ0v) is 11.7. The van der Waals surface area contributed by atoms with Gasteiger partial charge in [-0.25, -0.2) is 0 Å². The Morgan fingerprint density at radius 2 is 2.16 bits per heavy atom. The summed E-state index contributed by atoms with van der Waals surface area (Å²) in [6.07, 6.45) is 0. The zero-order chi connectivity index (χ0) is 13.8. The van der Waals surface area contributed by atoms with Crippen molar-refractivity contribution in [1.82, 2.24) is 5.16 Å². The van der Waals surface area contributed by atoms with Crippen molar-refractivity contribution in [1.29, 1.82) is 0 Å². The highest BCUT2D eigenvalue weighted by atomic mass is 79.9. The van der Waals surface area contributed by atoms with Crippen LogP contribution in [0.2, 0.25) is 0 Å². The number of halogens is 1. The zero-order valence-electron chi connectivity index (χ0n) is 10.1. The van der Waals surface area contributed by atoms with Gasteiger partial charge in [0, 0.05) is 17.3 Å². The molecule has 2 rings (SSSR count). The van der Waals surface area contributed by atoms with Crippen molar-refractivity contribution in [3.8, 4) is 0 Å². The van der Waals surface area contributed by atoms with Gasteiger partial charge in [-0.1, -0.05) is 33.2 Å². The van der Waals surface area contributed by atoms with E-state index in [-0.39, 0.29) is 22.7 Å². The molecule has 0 aliphatic heterocycles. The number of rotatable bonds is 4. The van der Waals surface area contributed by atoms with E-state index in [2.05, 4.69) is 26.4 Å². The second-order valence-corrected chi connectivity index (χ2v) is 4.48. The van der Waals surface area contributed by atoms with Gasteiger partial charge < -0.3 is 9.84 Å². The number of nitrogens with one attached hydrogen (secondary N) is 1. The molecular weight excluding hydrogens is 312 g/mol. The Kier molecular flexibility index (Phi) is 4.11. The molecule has 5 nitrogen and oxygen atoms in total. The molecule has 1 amide bonds. The molecular formula is C13H11BrN2O3. The van der Waals surface area contributed by atoms with E-state index in [0.29, 0.717) is 17.0 Å². The molecule has 0 spiro atoms. The molecule has 0 aliphatic carbocycles. The van der Waals surface area contributed by atoms with Gasteiger partial charge in [0.25, 0.3) is 5.91 Å². The van der Waals surface area contributed by atoms with Crippen LogP contribution in [0.3, 0.4) is 0 Å². The Balaban J connectivity index is 2.15. The summed E-state index contributed by atoms with van der Waals surface area (Å²) < 4.78 is 4.83. The summed E-state index contributed by atoms with van der Waals surface area (Å²) in [7, 11) is 0. The van der Waals surface area contributed by atoms with Crippen LogP contribution in [-0.2, 0) is 0 Å². The van der Waals surface area contributed by atoms with Crippen molar-refractivity contribution in [3.05, 3.63) is 47.3 Å². The fraction of sp³-hybridized carbons (Fsp3) is 0.154. The van der Waals surface area contributed by atoms with Crippen LogP contribution in [0.4, 0.5) is 5.69 Å². The van der Waals surface area contributed by atoms with Gasteiger partial charge >= 0.3 is 0 Å². The summed E-state index contributed by atoms with van der Waals surface area (Å²) in [5.41, 5.74) is 1.28. The largest absolute Gasteiger partial charge is 0.361 e. The van der Waals surface area contributed by atoms with Crippen molar-refractivity contribution in [3.63, 3.8) is 0 Å². The average molecular weight is 323 g/mol. The van der Waals surface area contributed by atoms with E-state index in [9.17, 15) is 9.59 Å². The molecule has 0 aliphatic rings. The number of carbonyl (C=O) groups excluding carboxylic acids is 2. The SMILES string of the molecule is Cc1cc(C(=O)Nc2cccc(C(=O)CBr)c2)no1.